The van der Waals surface area contributed by atoms with Gasteiger partial charge in [-0.25, -0.2) is 4.79 Å². The first-order valence-corrected chi connectivity index (χ1v) is 6.29. The van der Waals surface area contributed by atoms with Crippen LogP contribution in [0.1, 0.15) is 22.3 Å². The number of carboxylic acids is 1. The fourth-order valence-electron chi connectivity index (χ4n) is 2.41. The Morgan fingerprint density at radius 1 is 1.47 bits per heavy atom. The molecule has 0 spiro atoms. The molecule has 0 amide bonds. The topological polar surface area (TPSA) is 59.0 Å². The average molecular weight is 265 g/mol. The lowest BCUT2D eigenvalue weighted by molar-refractivity contribution is 0.0693. The number of hydrogen-bond donors (Lipinski definition) is 1. The maximum atomic E-state index is 11.2. The molecular formula is C14H19NO4. The van der Waals surface area contributed by atoms with Crippen molar-refractivity contribution in [1.82, 2.24) is 4.90 Å². The van der Waals surface area contributed by atoms with Crippen molar-refractivity contribution in [2.75, 3.05) is 27.3 Å². The van der Waals surface area contributed by atoms with E-state index in [4.69, 9.17) is 14.6 Å². The van der Waals surface area contributed by atoms with Gasteiger partial charge < -0.3 is 14.6 Å². The third kappa shape index (κ3) is 3.24. The second-order valence-electron chi connectivity index (χ2n) is 4.72. The van der Waals surface area contributed by atoms with Crippen LogP contribution in [0.5, 0.6) is 5.75 Å². The van der Waals surface area contributed by atoms with Gasteiger partial charge in [0.05, 0.1) is 13.2 Å². The minimum atomic E-state index is -0.963. The van der Waals surface area contributed by atoms with Crippen LogP contribution < -0.4 is 4.74 Å². The lowest BCUT2D eigenvalue weighted by Gasteiger charge is -2.16. The molecule has 1 saturated heterocycles. The number of carbonyl (C=O) groups is 1. The second kappa shape index (κ2) is 6.04. The summed E-state index contributed by atoms with van der Waals surface area (Å²) in [6.45, 7) is 2.61. The molecule has 0 saturated carbocycles. The first kappa shape index (κ1) is 13.8. The molecular weight excluding hydrogens is 246 g/mol. The molecule has 1 heterocycles. The van der Waals surface area contributed by atoms with Gasteiger partial charge in [0.1, 0.15) is 11.3 Å². The number of methoxy groups -OCH3 is 2. The highest BCUT2D eigenvalue weighted by molar-refractivity contribution is 5.91. The van der Waals surface area contributed by atoms with E-state index < -0.39 is 5.97 Å². The van der Waals surface area contributed by atoms with Crippen molar-refractivity contribution in [1.29, 1.82) is 0 Å². The van der Waals surface area contributed by atoms with Gasteiger partial charge in [-0.15, -0.1) is 0 Å². The molecule has 19 heavy (non-hydrogen) atoms. The van der Waals surface area contributed by atoms with Gasteiger partial charge in [-0.1, -0.05) is 6.07 Å². The number of ether oxygens (including phenoxy) is 2. The van der Waals surface area contributed by atoms with Crippen LogP contribution in [0.2, 0.25) is 0 Å². The lowest BCUT2D eigenvalue weighted by atomic mass is 10.1. The third-order valence-corrected chi connectivity index (χ3v) is 3.46. The molecule has 1 fully saturated rings. The molecule has 0 unspecified atom stereocenters. The lowest BCUT2D eigenvalue weighted by Crippen LogP contribution is -2.22. The van der Waals surface area contributed by atoms with Gasteiger partial charge in [0, 0.05) is 26.7 Å². The predicted octanol–water partition coefficient (Wildman–Crippen LogP) is 1.61. The molecule has 0 radical (unpaired) electrons. The van der Waals surface area contributed by atoms with Gasteiger partial charge in [-0.3, -0.25) is 4.90 Å². The number of hydrogen-bond acceptors (Lipinski definition) is 4. The Kier molecular flexibility index (Phi) is 4.39. The van der Waals surface area contributed by atoms with Crippen molar-refractivity contribution < 1.29 is 19.4 Å². The summed E-state index contributed by atoms with van der Waals surface area (Å²) in [6.07, 6.45) is 1.32. The summed E-state index contributed by atoms with van der Waals surface area (Å²) in [5, 5.41) is 9.15. The summed E-state index contributed by atoms with van der Waals surface area (Å²) in [5.41, 5.74) is 1.19. The minimum absolute atomic E-state index is 0.211. The normalized spacial score (nSPS) is 19.6. The highest BCUT2D eigenvalue weighted by atomic mass is 16.5. The van der Waals surface area contributed by atoms with Gasteiger partial charge in [0.2, 0.25) is 0 Å². The summed E-state index contributed by atoms with van der Waals surface area (Å²) in [7, 11) is 3.20. The Bertz CT molecular complexity index is 461. The van der Waals surface area contributed by atoms with Gasteiger partial charge in [-0.05, 0) is 24.1 Å². The summed E-state index contributed by atoms with van der Waals surface area (Å²) >= 11 is 0. The number of benzene rings is 1. The Labute approximate surface area is 112 Å². The van der Waals surface area contributed by atoms with Gasteiger partial charge >= 0.3 is 5.97 Å². The molecule has 2 rings (SSSR count). The summed E-state index contributed by atoms with van der Waals surface area (Å²) in [4.78, 5) is 13.4. The molecule has 5 nitrogen and oxygen atoms in total. The molecule has 1 aromatic rings. The van der Waals surface area contributed by atoms with Crippen LogP contribution in [-0.4, -0.2) is 49.4 Å². The van der Waals surface area contributed by atoms with E-state index in [1.165, 1.54) is 7.11 Å². The van der Waals surface area contributed by atoms with Gasteiger partial charge in [0.25, 0.3) is 0 Å². The second-order valence-corrected chi connectivity index (χ2v) is 4.72. The largest absolute Gasteiger partial charge is 0.496 e. The van der Waals surface area contributed by atoms with E-state index in [2.05, 4.69) is 4.90 Å². The molecule has 0 aliphatic carbocycles. The standard InChI is InChI=1S/C14H19NO4/c1-18-11-5-6-15(9-11)8-10-3-4-13(19-2)12(7-10)14(16)17/h3-4,7,11H,5-6,8-9H2,1-2H3,(H,16,17)/t11-/m1/s1. The predicted molar refractivity (Wildman–Crippen MR) is 70.6 cm³/mol. The van der Waals surface area contributed by atoms with Crippen LogP contribution in [0.3, 0.4) is 0 Å². The number of likely N-dealkylation sites (tertiary alicyclic amines) is 1. The van der Waals surface area contributed by atoms with Crippen molar-refractivity contribution in [2.24, 2.45) is 0 Å². The smallest absolute Gasteiger partial charge is 0.339 e. The maximum Gasteiger partial charge on any atom is 0.339 e. The maximum absolute atomic E-state index is 11.2. The fourth-order valence-corrected chi connectivity index (χ4v) is 2.41. The van der Waals surface area contributed by atoms with E-state index in [1.807, 2.05) is 6.07 Å². The molecule has 0 bridgehead atoms. The number of aromatic carboxylic acids is 1. The van der Waals surface area contributed by atoms with Crippen LogP contribution >= 0.6 is 0 Å². The molecule has 1 aliphatic rings. The Morgan fingerprint density at radius 2 is 2.26 bits per heavy atom. The van der Waals surface area contributed by atoms with Gasteiger partial charge in [-0.2, -0.15) is 0 Å². The monoisotopic (exact) mass is 265 g/mol. The van der Waals surface area contributed by atoms with Crippen LogP contribution in [-0.2, 0) is 11.3 Å². The molecule has 1 N–H and O–H groups in total. The fraction of sp³-hybridized carbons (Fsp3) is 0.500. The molecule has 5 heteroatoms. The molecule has 1 aromatic carbocycles. The van der Waals surface area contributed by atoms with E-state index in [1.54, 1.807) is 19.2 Å². The van der Waals surface area contributed by atoms with E-state index in [9.17, 15) is 4.79 Å². The first-order chi connectivity index (χ1) is 9.13. The summed E-state index contributed by atoms with van der Waals surface area (Å²) in [5.74, 6) is -0.567. The van der Waals surface area contributed by atoms with Gasteiger partial charge in [0.15, 0.2) is 0 Å². The highest BCUT2D eigenvalue weighted by Gasteiger charge is 2.22. The number of rotatable bonds is 5. The zero-order valence-electron chi connectivity index (χ0n) is 11.3. The highest BCUT2D eigenvalue weighted by Crippen LogP contribution is 2.22. The average Bonchev–Trinajstić information content (AvgIpc) is 2.86. The Morgan fingerprint density at radius 3 is 2.84 bits per heavy atom. The van der Waals surface area contributed by atoms with Crippen LogP contribution in [0, 0.1) is 0 Å². The Balaban J connectivity index is 2.09. The Hall–Kier alpha value is -1.59. The van der Waals surface area contributed by atoms with Crippen LogP contribution in [0.4, 0.5) is 0 Å². The van der Waals surface area contributed by atoms with Crippen molar-refractivity contribution in [3.63, 3.8) is 0 Å². The minimum Gasteiger partial charge on any atom is -0.496 e. The zero-order chi connectivity index (χ0) is 13.8. The van der Waals surface area contributed by atoms with E-state index >= 15 is 0 Å². The first-order valence-electron chi connectivity index (χ1n) is 6.29. The van der Waals surface area contributed by atoms with Crippen molar-refractivity contribution in [2.45, 2.75) is 19.1 Å². The van der Waals surface area contributed by atoms with Crippen molar-refractivity contribution in [3.05, 3.63) is 29.3 Å². The number of carboxylic acid groups (broad SMARTS) is 1. The van der Waals surface area contributed by atoms with Crippen molar-refractivity contribution in [3.8, 4) is 5.75 Å². The molecule has 0 aromatic heterocycles. The zero-order valence-corrected chi connectivity index (χ0v) is 11.3. The quantitative estimate of drug-likeness (QED) is 0.876. The van der Waals surface area contributed by atoms with E-state index in [-0.39, 0.29) is 11.7 Å². The summed E-state index contributed by atoms with van der Waals surface area (Å²) < 4.78 is 10.4. The molecule has 1 atom stereocenters. The SMILES string of the molecule is COc1ccc(CN2CC[C@@H](OC)C2)cc1C(=O)O. The summed E-state index contributed by atoms with van der Waals surface area (Å²) in [6, 6.07) is 5.30. The third-order valence-electron chi connectivity index (χ3n) is 3.46. The molecule has 104 valence electrons. The van der Waals surface area contributed by atoms with E-state index in [0.717, 1.165) is 31.6 Å². The molecule has 1 aliphatic heterocycles. The van der Waals surface area contributed by atoms with Crippen molar-refractivity contribution >= 4 is 5.97 Å². The van der Waals surface area contributed by atoms with Crippen LogP contribution in [0.25, 0.3) is 0 Å². The van der Waals surface area contributed by atoms with E-state index in [0.29, 0.717) is 5.75 Å². The van der Waals surface area contributed by atoms with Crippen LogP contribution in [0.15, 0.2) is 18.2 Å². The number of nitrogens with zero attached hydrogens (tertiary/aromatic N) is 1.